The number of ether oxygens (including phenoxy) is 2. The Labute approximate surface area is 380 Å². The molecular formula is C52H92NO8P. The van der Waals surface area contributed by atoms with Crippen molar-refractivity contribution < 1.29 is 42.1 Å². The zero-order chi connectivity index (χ0) is 45.7. The van der Waals surface area contributed by atoms with Crippen LogP contribution in [0, 0.1) is 0 Å². The fourth-order valence-electron chi connectivity index (χ4n) is 6.32. The van der Waals surface area contributed by atoms with Crippen LogP contribution in [0.3, 0.4) is 0 Å². The highest BCUT2D eigenvalue weighted by Crippen LogP contribution is 2.38. The van der Waals surface area contributed by atoms with Crippen LogP contribution < -0.4 is 4.89 Å². The van der Waals surface area contributed by atoms with Gasteiger partial charge in [-0.05, 0) is 83.5 Å². The first-order valence-electron chi connectivity index (χ1n) is 24.6. The molecule has 0 spiro atoms. The molecule has 0 aromatic carbocycles. The molecule has 0 aliphatic heterocycles. The summed E-state index contributed by atoms with van der Waals surface area (Å²) >= 11 is 0. The fraction of sp³-hybridized carbons (Fsp3) is 0.731. The van der Waals surface area contributed by atoms with Crippen molar-refractivity contribution in [2.75, 3.05) is 47.5 Å². The summed E-state index contributed by atoms with van der Waals surface area (Å²) in [6.07, 6.45) is 55.1. The molecule has 0 amide bonds. The summed E-state index contributed by atoms with van der Waals surface area (Å²) in [5.41, 5.74) is 0. The van der Waals surface area contributed by atoms with E-state index in [1.165, 1.54) is 96.3 Å². The van der Waals surface area contributed by atoms with Crippen LogP contribution in [-0.4, -0.2) is 70.0 Å². The van der Waals surface area contributed by atoms with Gasteiger partial charge < -0.3 is 27.9 Å². The van der Waals surface area contributed by atoms with Crippen molar-refractivity contribution in [3.8, 4) is 0 Å². The van der Waals surface area contributed by atoms with E-state index in [0.717, 1.165) is 57.8 Å². The molecule has 0 aromatic rings. The van der Waals surface area contributed by atoms with E-state index in [9.17, 15) is 19.0 Å². The number of phosphoric acid groups is 1. The van der Waals surface area contributed by atoms with Gasteiger partial charge in [0.15, 0.2) is 6.10 Å². The average molecular weight is 890 g/mol. The molecule has 0 aliphatic rings. The van der Waals surface area contributed by atoms with Crippen molar-refractivity contribution in [3.63, 3.8) is 0 Å². The summed E-state index contributed by atoms with van der Waals surface area (Å²) < 4.78 is 33.9. The molecule has 0 fully saturated rings. The predicted molar refractivity (Wildman–Crippen MR) is 259 cm³/mol. The van der Waals surface area contributed by atoms with Crippen LogP contribution in [-0.2, 0) is 32.7 Å². The average Bonchev–Trinajstić information content (AvgIpc) is 3.23. The van der Waals surface area contributed by atoms with Crippen LogP contribution in [0.15, 0.2) is 72.9 Å². The summed E-state index contributed by atoms with van der Waals surface area (Å²) in [4.78, 5) is 37.6. The number of hydrogen-bond donors (Lipinski definition) is 0. The molecule has 0 aliphatic carbocycles. The van der Waals surface area contributed by atoms with Gasteiger partial charge in [0.1, 0.15) is 19.8 Å². The lowest BCUT2D eigenvalue weighted by molar-refractivity contribution is -0.870. The largest absolute Gasteiger partial charge is 0.756 e. The van der Waals surface area contributed by atoms with E-state index in [4.69, 9.17) is 18.5 Å². The number of esters is 2. The Kier molecular flexibility index (Phi) is 41.9. The quantitative estimate of drug-likeness (QED) is 0.0195. The third-order valence-corrected chi connectivity index (χ3v) is 11.2. The van der Waals surface area contributed by atoms with Crippen LogP contribution >= 0.6 is 7.82 Å². The number of quaternary nitrogens is 1. The van der Waals surface area contributed by atoms with Crippen LogP contribution in [0.1, 0.15) is 194 Å². The smallest absolute Gasteiger partial charge is 0.306 e. The number of hydrogen-bond acceptors (Lipinski definition) is 8. The number of nitrogens with zero attached hydrogens (tertiary/aromatic N) is 1. The Morgan fingerprint density at radius 3 is 1.37 bits per heavy atom. The van der Waals surface area contributed by atoms with Crippen molar-refractivity contribution in [1.29, 1.82) is 0 Å². The van der Waals surface area contributed by atoms with Gasteiger partial charge in [-0.25, -0.2) is 0 Å². The van der Waals surface area contributed by atoms with Crippen molar-refractivity contribution >= 4 is 19.8 Å². The second-order valence-electron chi connectivity index (χ2n) is 17.5. The van der Waals surface area contributed by atoms with E-state index in [-0.39, 0.29) is 26.1 Å². The van der Waals surface area contributed by atoms with Crippen molar-refractivity contribution in [3.05, 3.63) is 72.9 Å². The molecule has 62 heavy (non-hydrogen) atoms. The van der Waals surface area contributed by atoms with Gasteiger partial charge in [0.2, 0.25) is 0 Å². The molecule has 0 bridgehead atoms. The number of phosphoric ester groups is 1. The minimum Gasteiger partial charge on any atom is -0.756 e. The molecular weight excluding hydrogens is 798 g/mol. The first-order chi connectivity index (χ1) is 30.0. The van der Waals surface area contributed by atoms with E-state index in [1.807, 2.05) is 21.1 Å². The van der Waals surface area contributed by atoms with Crippen LogP contribution in [0.5, 0.6) is 0 Å². The Hall–Kier alpha value is -2.55. The Balaban J connectivity index is 4.41. The summed E-state index contributed by atoms with van der Waals surface area (Å²) in [5, 5.41) is 0. The summed E-state index contributed by atoms with van der Waals surface area (Å²) in [5.74, 6) is -0.912. The highest BCUT2D eigenvalue weighted by atomic mass is 31.2. The van der Waals surface area contributed by atoms with E-state index in [0.29, 0.717) is 23.9 Å². The molecule has 0 radical (unpaired) electrons. The molecule has 0 rings (SSSR count). The molecule has 0 heterocycles. The third-order valence-electron chi connectivity index (χ3n) is 10.2. The molecule has 358 valence electrons. The maximum Gasteiger partial charge on any atom is 0.306 e. The molecule has 0 saturated carbocycles. The minimum atomic E-state index is -4.65. The van der Waals surface area contributed by atoms with E-state index in [1.54, 1.807) is 0 Å². The highest BCUT2D eigenvalue weighted by Gasteiger charge is 2.21. The Bertz CT molecular complexity index is 1280. The monoisotopic (exact) mass is 890 g/mol. The second kappa shape index (κ2) is 43.7. The third kappa shape index (κ3) is 46.9. The van der Waals surface area contributed by atoms with Gasteiger partial charge in [-0.2, -0.15) is 0 Å². The Morgan fingerprint density at radius 1 is 0.500 bits per heavy atom. The van der Waals surface area contributed by atoms with Gasteiger partial charge in [0, 0.05) is 12.8 Å². The lowest BCUT2D eigenvalue weighted by atomic mass is 10.1. The standard InChI is InChI=1S/C52H92NO8P/c1-6-8-10-12-14-16-18-20-22-24-25-26-27-29-30-32-34-36-38-40-42-44-51(54)58-48-50(49-60-62(56,57)59-47-46-53(3,4)5)61-52(55)45-43-41-39-37-35-33-31-28-23-21-19-17-15-13-11-9-7-2/h15,17,21-24,26-27,30,32,36,38,50H,6-14,16,18-20,25,28-29,31,33-35,37,39-49H2,1-5H3/b17-15+,23-21+,24-22+,27-26+,32-30+,38-36+/t50-/m1/s1. The van der Waals surface area contributed by atoms with Crippen LogP contribution in [0.25, 0.3) is 0 Å². The molecule has 9 nitrogen and oxygen atoms in total. The lowest BCUT2D eigenvalue weighted by Gasteiger charge is -2.28. The van der Waals surface area contributed by atoms with Gasteiger partial charge in [-0.15, -0.1) is 0 Å². The van der Waals surface area contributed by atoms with Gasteiger partial charge in [0.05, 0.1) is 27.7 Å². The second-order valence-corrected chi connectivity index (χ2v) is 18.9. The van der Waals surface area contributed by atoms with E-state index in [2.05, 4.69) is 86.8 Å². The number of allylic oxidation sites excluding steroid dienone is 12. The van der Waals surface area contributed by atoms with Gasteiger partial charge in [-0.1, -0.05) is 170 Å². The Morgan fingerprint density at radius 2 is 0.887 bits per heavy atom. The van der Waals surface area contributed by atoms with Crippen molar-refractivity contribution in [2.45, 2.75) is 200 Å². The lowest BCUT2D eigenvalue weighted by Crippen LogP contribution is -2.37. The van der Waals surface area contributed by atoms with Crippen molar-refractivity contribution in [2.24, 2.45) is 0 Å². The zero-order valence-corrected chi connectivity index (χ0v) is 41.2. The van der Waals surface area contributed by atoms with Gasteiger partial charge >= 0.3 is 11.9 Å². The highest BCUT2D eigenvalue weighted by molar-refractivity contribution is 7.45. The van der Waals surface area contributed by atoms with Crippen LogP contribution in [0.4, 0.5) is 0 Å². The summed E-state index contributed by atoms with van der Waals surface area (Å²) in [6, 6.07) is 0. The zero-order valence-electron chi connectivity index (χ0n) is 40.3. The fourth-order valence-corrected chi connectivity index (χ4v) is 7.05. The first kappa shape index (κ1) is 59.5. The summed E-state index contributed by atoms with van der Waals surface area (Å²) in [6.45, 7) is 4.13. The molecule has 0 aromatic heterocycles. The number of likely N-dealkylation sites (N-methyl/N-ethyl adjacent to an activating group) is 1. The molecule has 2 atom stereocenters. The van der Waals surface area contributed by atoms with Crippen LogP contribution in [0.2, 0.25) is 0 Å². The maximum absolute atomic E-state index is 12.7. The SMILES string of the molecule is CCCCC/C=C/C/C=C/CCCCCCCCCC(=O)O[C@H](COC(=O)CCC/C=C/C/C=C/C/C=C/C/C=C/CCCCCCCCC)COP(=O)([O-])OCC[N+](C)(C)C. The first-order valence-corrected chi connectivity index (χ1v) is 26.1. The van der Waals surface area contributed by atoms with Gasteiger partial charge in [0.25, 0.3) is 7.82 Å². The van der Waals surface area contributed by atoms with E-state index < -0.39 is 32.5 Å². The number of unbranched alkanes of at least 4 members (excludes halogenated alkanes) is 18. The minimum absolute atomic E-state index is 0.0442. The predicted octanol–water partition coefficient (Wildman–Crippen LogP) is 13.9. The van der Waals surface area contributed by atoms with E-state index >= 15 is 0 Å². The van der Waals surface area contributed by atoms with Gasteiger partial charge in [-0.3, -0.25) is 14.2 Å². The normalized spacial score (nSPS) is 14.1. The number of rotatable bonds is 44. The summed E-state index contributed by atoms with van der Waals surface area (Å²) in [7, 11) is 1.12. The van der Waals surface area contributed by atoms with Crippen molar-refractivity contribution in [1.82, 2.24) is 0 Å². The number of carbonyl (C=O) groups excluding carboxylic acids is 2. The number of carbonyl (C=O) groups is 2. The molecule has 1 unspecified atom stereocenters. The maximum atomic E-state index is 12.7. The molecule has 0 saturated heterocycles. The molecule has 10 heteroatoms. The molecule has 0 N–H and O–H groups in total. The topological polar surface area (TPSA) is 111 Å².